The van der Waals surface area contributed by atoms with Gasteiger partial charge in [-0.2, -0.15) is 5.26 Å². The zero-order valence-electron chi connectivity index (χ0n) is 23.2. The van der Waals surface area contributed by atoms with Crippen LogP contribution in [0.4, 0.5) is 8.78 Å². The van der Waals surface area contributed by atoms with E-state index in [1.54, 1.807) is 0 Å². The monoisotopic (exact) mass is 555 g/mol. The van der Waals surface area contributed by atoms with E-state index in [0.29, 0.717) is 49.6 Å². The number of hydrogen-bond donors (Lipinski definition) is 0. The largest absolute Gasteiger partial charge is 0.361 e. The van der Waals surface area contributed by atoms with Crippen molar-refractivity contribution in [2.75, 3.05) is 26.2 Å². The molecule has 2 aromatic rings. The Morgan fingerprint density at radius 1 is 1.15 bits per heavy atom. The Hall–Kier alpha value is -2.53. The van der Waals surface area contributed by atoms with Crippen molar-refractivity contribution in [3.05, 3.63) is 69.2 Å². The van der Waals surface area contributed by atoms with E-state index in [0.717, 1.165) is 22.8 Å². The Bertz CT molecular complexity index is 1330. The molecule has 3 aliphatic heterocycles. The number of aryl methyl sites for hydroxylation is 1. The molecule has 1 amide bonds. The normalized spacial score (nSPS) is 24.8. The molecule has 39 heavy (non-hydrogen) atoms. The molecule has 0 aromatic heterocycles. The highest BCUT2D eigenvalue weighted by molar-refractivity contribution is 6.31. The summed E-state index contributed by atoms with van der Waals surface area (Å²) in [6, 6.07) is 10.3. The first-order chi connectivity index (χ1) is 18.4. The van der Waals surface area contributed by atoms with Crippen LogP contribution in [0.5, 0.6) is 0 Å². The number of carbonyl (C=O) groups is 1. The van der Waals surface area contributed by atoms with Gasteiger partial charge >= 0.3 is 0 Å². The Balaban J connectivity index is 1.40. The highest BCUT2D eigenvalue weighted by atomic mass is 35.5. The van der Waals surface area contributed by atoms with E-state index in [4.69, 9.17) is 16.3 Å². The molecule has 208 valence electrons. The van der Waals surface area contributed by atoms with Crippen LogP contribution >= 0.6 is 11.6 Å². The van der Waals surface area contributed by atoms with E-state index in [2.05, 4.69) is 24.8 Å². The summed E-state index contributed by atoms with van der Waals surface area (Å²) >= 11 is 6.55. The van der Waals surface area contributed by atoms with E-state index in [1.165, 1.54) is 12.1 Å². The molecule has 5 nitrogen and oxygen atoms in total. The Morgan fingerprint density at radius 2 is 1.85 bits per heavy atom. The first-order valence-electron chi connectivity index (χ1n) is 13.7. The molecule has 0 N–H and O–H groups in total. The van der Waals surface area contributed by atoms with Crippen molar-refractivity contribution in [3.63, 3.8) is 0 Å². The van der Waals surface area contributed by atoms with Gasteiger partial charge in [-0.15, -0.1) is 0 Å². The smallest absolute Gasteiger partial charge is 0.227 e. The van der Waals surface area contributed by atoms with Gasteiger partial charge in [-0.25, -0.2) is 8.78 Å². The summed E-state index contributed by atoms with van der Waals surface area (Å²) in [5, 5.41) is 10.5. The van der Waals surface area contributed by atoms with Gasteiger partial charge in [-0.1, -0.05) is 23.7 Å². The number of halogens is 3. The molecular weight excluding hydrogens is 520 g/mol. The van der Waals surface area contributed by atoms with Crippen molar-refractivity contribution in [1.29, 1.82) is 5.26 Å². The molecule has 3 aliphatic rings. The second kappa shape index (κ2) is 10.1. The summed E-state index contributed by atoms with van der Waals surface area (Å²) in [6.45, 7) is 11.9. The van der Waals surface area contributed by atoms with E-state index in [9.17, 15) is 18.8 Å². The summed E-state index contributed by atoms with van der Waals surface area (Å²) in [4.78, 5) is 18.0. The number of carbonyl (C=O) groups excluding carboxylic acids is 1. The maximum absolute atomic E-state index is 14.8. The van der Waals surface area contributed by atoms with Crippen molar-refractivity contribution in [2.45, 2.75) is 71.1 Å². The number of nitrogens with zero attached hydrogens (tertiary/aromatic N) is 3. The van der Waals surface area contributed by atoms with Crippen LogP contribution < -0.4 is 0 Å². The molecule has 0 aliphatic carbocycles. The summed E-state index contributed by atoms with van der Waals surface area (Å²) in [5.41, 5.74) is 1.99. The number of ether oxygens (including phenoxy) is 1. The lowest BCUT2D eigenvalue weighted by Crippen LogP contribution is -2.48. The molecule has 0 saturated carbocycles. The lowest BCUT2D eigenvalue weighted by molar-refractivity contribution is -0.152. The molecule has 3 heterocycles. The van der Waals surface area contributed by atoms with Crippen LogP contribution in [0.2, 0.25) is 5.02 Å². The molecule has 0 unspecified atom stereocenters. The summed E-state index contributed by atoms with van der Waals surface area (Å²) in [5.74, 6) is -1.99. The minimum atomic E-state index is -0.734. The van der Waals surface area contributed by atoms with Crippen LogP contribution in [0.25, 0.3) is 0 Å². The zero-order chi connectivity index (χ0) is 28.3. The maximum atomic E-state index is 14.8. The minimum absolute atomic E-state index is 0.00390. The third kappa shape index (κ3) is 4.85. The highest BCUT2D eigenvalue weighted by Gasteiger charge is 2.52. The minimum Gasteiger partial charge on any atom is -0.361 e. The molecule has 0 bridgehead atoms. The fourth-order valence-electron chi connectivity index (χ4n) is 6.60. The van der Waals surface area contributed by atoms with Crippen molar-refractivity contribution >= 4 is 17.5 Å². The van der Waals surface area contributed by atoms with Crippen molar-refractivity contribution in [1.82, 2.24) is 9.80 Å². The van der Waals surface area contributed by atoms with Gasteiger partial charge in [0.1, 0.15) is 17.7 Å². The summed E-state index contributed by atoms with van der Waals surface area (Å²) in [7, 11) is 0. The quantitative estimate of drug-likeness (QED) is 0.433. The Kier molecular flexibility index (Phi) is 7.28. The first kappa shape index (κ1) is 28.0. The number of rotatable bonds is 4. The van der Waals surface area contributed by atoms with Gasteiger partial charge < -0.3 is 9.64 Å². The molecule has 5 rings (SSSR count). The third-order valence-electron chi connectivity index (χ3n) is 9.03. The van der Waals surface area contributed by atoms with Crippen LogP contribution in [-0.2, 0) is 15.1 Å². The number of piperidine rings is 1. The van der Waals surface area contributed by atoms with E-state index in [-0.39, 0.29) is 17.9 Å². The van der Waals surface area contributed by atoms with Crippen molar-refractivity contribution < 1.29 is 18.3 Å². The predicted octanol–water partition coefficient (Wildman–Crippen LogP) is 6.49. The Labute approximate surface area is 234 Å². The first-order valence-corrected chi connectivity index (χ1v) is 14.1. The lowest BCUT2D eigenvalue weighted by atomic mass is 9.79. The lowest BCUT2D eigenvalue weighted by Gasteiger charge is -2.41. The molecule has 2 aromatic carbocycles. The summed E-state index contributed by atoms with van der Waals surface area (Å²) in [6.07, 6.45) is 0.773. The average molecular weight is 556 g/mol. The van der Waals surface area contributed by atoms with E-state index < -0.39 is 34.7 Å². The van der Waals surface area contributed by atoms with Crippen molar-refractivity contribution in [3.8, 4) is 6.07 Å². The molecule has 0 radical (unpaired) electrons. The van der Waals surface area contributed by atoms with Crippen LogP contribution in [0, 0.1) is 41.2 Å². The van der Waals surface area contributed by atoms with Crippen LogP contribution in [0.3, 0.4) is 0 Å². The fourth-order valence-corrected chi connectivity index (χ4v) is 6.76. The third-order valence-corrected chi connectivity index (χ3v) is 9.44. The topological polar surface area (TPSA) is 56.6 Å². The number of fused-ring (bicyclic) bond motifs is 2. The number of nitriles is 1. The Morgan fingerprint density at radius 3 is 2.46 bits per heavy atom. The number of hydrogen-bond acceptors (Lipinski definition) is 4. The second-order valence-electron chi connectivity index (χ2n) is 12.3. The zero-order valence-corrected chi connectivity index (χ0v) is 24.0. The second-order valence-corrected chi connectivity index (χ2v) is 12.7. The van der Waals surface area contributed by atoms with Gasteiger partial charge in [0.25, 0.3) is 0 Å². The SMILES string of the molecule is Cc1cc2c(cc1Cl)C1(CCN(C(=O)[C@@H]3CN(C(C)C)C[C@H]3c3ccc(F)cc3F)CC1)O[C@@H]2C(C)(C)C#N. The van der Waals surface area contributed by atoms with Gasteiger partial charge in [0.05, 0.1) is 23.0 Å². The van der Waals surface area contributed by atoms with E-state index >= 15 is 0 Å². The fraction of sp³-hybridized carbons (Fsp3) is 0.548. The molecule has 3 atom stereocenters. The number of benzene rings is 2. The average Bonchev–Trinajstić information content (AvgIpc) is 3.46. The van der Waals surface area contributed by atoms with Crippen molar-refractivity contribution in [2.24, 2.45) is 11.3 Å². The highest BCUT2D eigenvalue weighted by Crippen LogP contribution is 2.55. The number of likely N-dealkylation sites (tertiary alicyclic amines) is 2. The summed E-state index contributed by atoms with van der Waals surface area (Å²) < 4.78 is 35.2. The van der Waals surface area contributed by atoms with Gasteiger partial charge in [0.2, 0.25) is 5.91 Å². The molecular formula is C31H36ClF2N3O2. The molecule has 1 spiro atoms. The molecule has 2 saturated heterocycles. The molecule has 2 fully saturated rings. The van der Waals surface area contributed by atoms with Crippen LogP contribution in [0.1, 0.15) is 74.8 Å². The molecule has 8 heteroatoms. The van der Waals surface area contributed by atoms with Gasteiger partial charge in [-0.3, -0.25) is 9.69 Å². The van der Waals surface area contributed by atoms with E-state index in [1.807, 2.05) is 37.8 Å². The predicted molar refractivity (Wildman–Crippen MR) is 146 cm³/mol. The van der Waals surface area contributed by atoms with Crippen LogP contribution in [-0.4, -0.2) is 47.9 Å². The van der Waals surface area contributed by atoms with Gasteiger partial charge in [0.15, 0.2) is 0 Å². The number of amides is 1. The van der Waals surface area contributed by atoms with Gasteiger partial charge in [-0.05, 0) is 81.8 Å². The maximum Gasteiger partial charge on any atom is 0.227 e. The van der Waals surface area contributed by atoms with Gasteiger partial charge in [0, 0.05) is 49.2 Å². The van der Waals surface area contributed by atoms with Crippen LogP contribution in [0.15, 0.2) is 30.3 Å². The standard InChI is InChI=1S/C31H36ClF2N3O2/c1-18(2)37-15-23(21-7-6-20(33)13-27(21)34)24(16-37)29(38)36-10-8-31(9-11-36)25-14-26(32)19(3)12-22(25)28(39-31)30(4,5)17-35/h6-7,12-14,18,23-24,28H,8-11,15-16H2,1-5H3/t23-,24+,28-/m0/s1.